The molecule has 1 aromatic rings. The summed E-state index contributed by atoms with van der Waals surface area (Å²) in [6, 6.07) is 2.70. The summed E-state index contributed by atoms with van der Waals surface area (Å²) in [5.74, 6) is -0.605. The zero-order valence-electron chi connectivity index (χ0n) is 5.97. The highest BCUT2D eigenvalue weighted by atomic mass is 35.5. The number of nitrogens with two attached hydrogens (primary N) is 1. The average molecular weight is 178 g/mol. The smallest absolute Gasteiger partial charge is 0.152 e. The molecular weight excluding hydrogens is 169 g/mol. The Labute approximate surface area is 70.2 Å². The van der Waals surface area contributed by atoms with Gasteiger partial charge in [0.25, 0.3) is 0 Å². The molecule has 0 atom stereocenters. The van der Waals surface area contributed by atoms with E-state index in [1.807, 2.05) is 0 Å². The first-order valence-electron chi connectivity index (χ1n) is 2.86. The predicted molar refractivity (Wildman–Crippen MR) is 44.5 cm³/mol. The molecule has 0 spiro atoms. The monoisotopic (exact) mass is 177 g/mol. The molecule has 0 amide bonds. The summed E-state index contributed by atoms with van der Waals surface area (Å²) < 4.78 is 12.7. The zero-order valence-corrected chi connectivity index (χ0v) is 6.78. The number of nitrogen functional groups attached to an aromatic ring is 1. The first-order valence-corrected chi connectivity index (χ1v) is 2.86. The number of hydrogen-bond donors (Lipinski definition) is 2. The van der Waals surface area contributed by atoms with E-state index in [9.17, 15) is 4.39 Å². The molecule has 0 bridgehead atoms. The molecule has 0 aliphatic carbocycles. The van der Waals surface area contributed by atoms with Gasteiger partial charge in [0.1, 0.15) is 5.75 Å². The van der Waals surface area contributed by atoms with Gasteiger partial charge in [-0.25, -0.2) is 4.39 Å². The number of benzene rings is 1. The van der Waals surface area contributed by atoms with Crippen molar-refractivity contribution in [1.82, 2.24) is 0 Å². The summed E-state index contributed by atoms with van der Waals surface area (Å²) in [6.45, 7) is 1.47. The average Bonchev–Trinajstić information content (AvgIpc) is 1.93. The van der Waals surface area contributed by atoms with E-state index in [-0.39, 0.29) is 29.4 Å². The molecule has 0 heterocycles. The maximum atomic E-state index is 12.7. The van der Waals surface area contributed by atoms with Gasteiger partial charge in [0.05, 0.1) is 5.69 Å². The molecule has 2 nitrogen and oxygen atoms in total. The Hall–Kier alpha value is -0.960. The minimum absolute atomic E-state index is 0. The summed E-state index contributed by atoms with van der Waals surface area (Å²) in [4.78, 5) is 0. The van der Waals surface area contributed by atoms with Gasteiger partial charge in [-0.05, 0) is 19.1 Å². The number of phenols is 1. The third kappa shape index (κ3) is 1.74. The van der Waals surface area contributed by atoms with E-state index in [4.69, 9.17) is 10.8 Å². The molecule has 0 radical (unpaired) electrons. The Balaban J connectivity index is 0.000001000. The quantitative estimate of drug-likeness (QED) is 0.469. The van der Waals surface area contributed by atoms with Crippen LogP contribution in [-0.2, 0) is 0 Å². The Morgan fingerprint density at radius 2 is 2.00 bits per heavy atom. The van der Waals surface area contributed by atoms with Gasteiger partial charge in [-0.3, -0.25) is 0 Å². The maximum Gasteiger partial charge on any atom is 0.152 e. The number of hydrogen-bond acceptors (Lipinski definition) is 2. The molecule has 0 aromatic heterocycles. The van der Waals surface area contributed by atoms with Crippen molar-refractivity contribution in [3.05, 3.63) is 23.5 Å². The molecule has 11 heavy (non-hydrogen) atoms. The largest absolute Gasteiger partial charge is 0.508 e. The van der Waals surface area contributed by atoms with E-state index in [0.717, 1.165) is 0 Å². The fraction of sp³-hybridized carbons (Fsp3) is 0.143. The molecule has 3 N–H and O–H groups in total. The van der Waals surface area contributed by atoms with Crippen molar-refractivity contribution in [2.24, 2.45) is 0 Å². The van der Waals surface area contributed by atoms with E-state index in [0.29, 0.717) is 0 Å². The minimum Gasteiger partial charge on any atom is -0.508 e. The van der Waals surface area contributed by atoms with Gasteiger partial charge in [-0.1, -0.05) is 0 Å². The second-order valence-electron chi connectivity index (χ2n) is 2.11. The highest BCUT2D eigenvalue weighted by molar-refractivity contribution is 5.85. The number of rotatable bonds is 0. The summed E-state index contributed by atoms with van der Waals surface area (Å²) in [5, 5.41) is 8.93. The molecule has 62 valence electrons. The predicted octanol–water partition coefficient (Wildman–Crippen LogP) is 1.84. The summed E-state index contributed by atoms with van der Waals surface area (Å²) >= 11 is 0. The normalized spacial score (nSPS) is 8.91. The van der Waals surface area contributed by atoms with Crippen molar-refractivity contribution in [3.63, 3.8) is 0 Å². The van der Waals surface area contributed by atoms with Crippen LogP contribution in [0.4, 0.5) is 10.1 Å². The van der Waals surface area contributed by atoms with Crippen molar-refractivity contribution in [2.75, 3.05) is 5.73 Å². The first-order chi connectivity index (χ1) is 4.63. The number of anilines is 1. The van der Waals surface area contributed by atoms with Gasteiger partial charge in [-0.15, -0.1) is 12.4 Å². The highest BCUT2D eigenvalue weighted by Crippen LogP contribution is 2.22. The second-order valence-corrected chi connectivity index (χ2v) is 2.11. The van der Waals surface area contributed by atoms with Crippen molar-refractivity contribution in [2.45, 2.75) is 6.92 Å². The topological polar surface area (TPSA) is 46.2 Å². The van der Waals surface area contributed by atoms with Crippen LogP contribution in [0, 0.1) is 12.7 Å². The minimum atomic E-state index is -0.542. The lowest BCUT2D eigenvalue weighted by Gasteiger charge is -2.01. The lowest BCUT2D eigenvalue weighted by atomic mass is 10.2. The molecule has 4 heteroatoms. The van der Waals surface area contributed by atoms with E-state index in [1.165, 1.54) is 19.1 Å². The van der Waals surface area contributed by atoms with E-state index >= 15 is 0 Å². The van der Waals surface area contributed by atoms with Crippen LogP contribution in [0.3, 0.4) is 0 Å². The van der Waals surface area contributed by atoms with Crippen LogP contribution in [-0.4, -0.2) is 5.11 Å². The van der Waals surface area contributed by atoms with Crippen molar-refractivity contribution >= 4 is 18.1 Å². The Bertz CT molecular complexity index is 238. The summed E-state index contributed by atoms with van der Waals surface area (Å²) in [7, 11) is 0. The first kappa shape index (κ1) is 10.0. The third-order valence-electron chi connectivity index (χ3n) is 1.39. The zero-order chi connectivity index (χ0) is 7.72. The summed E-state index contributed by atoms with van der Waals surface area (Å²) in [5.41, 5.74) is 5.46. The van der Waals surface area contributed by atoms with Gasteiger partial charge in [0, 0.05) is 5.56 Å². The maximum absolute atomic E-state index is 12.7. The van der Waals surface area contributed by atoms with Crippen molar-refractivity contribution in [1.29, 1.82) is 0 Å². The molecule has 0 aliphatic rings. The van der Waals surface area contributed by atoms with Gasteiger partial charge in [0.15, 0.2) is 5.82 Å². The fourth-order valence-electron chi connectivity index (χ4n) is 0.696. The van der Waals surface area contributed by atoms with E-state index < -0.39 is 5.82 Å². The SMILES string of the molecule is Cc1c(O)ccc(N)c1F.Cl. The molecule has 0 saturated carbocycles. The lowest BCUT2D eigenvalue weighted by Crippen LogP contribution is -1.92. The second kappa shape index (κ2) is 3.44. The van der Waals surface area contributed by atoms with Gasteiger partial charge in [0.2, 0.25) is 0 Å². The molecule has 1 aromatic carbocycles. The van der Waals surface area contributed by atoms with E-state index in [1.54, 1.807) is 0 Å². The Morgan fingerprint density at radius 3 is 2.45 bits per heavy atom. The third-order valence-corrected chi connectivity index (χ3v) is 1.39. The molecule has 0 saturated heterocycles. The van der Waals surface area contributed by atoms with Crippen LogP contribution >= 0.6 is 12.4 Å². The molecular formula is C7H9ClFNO. The summed E-state index contributed by atoms with van der Waals surface area (Å²) in [6.07, 6.45) is 0. The standard InChI is InChI=1S/C7H8FNO.ClH/c1-4-6(10)3-2-5(9)7(4)8;/h2-3,10H,9H2,1H3;1H. The van der Waals surface area contributed by atoms with Crippen LogP contribution in [0.5, 0.6) is 5.75 Å². The van der Waals surface area contributed by atoms with Crippen molar-refractivity contribution < 1.29 is 9.50 Å². The fourth-order valence-corrected chi connectivity index (χ4v) is 0.696. The molecule has 1 rings (SSSR count). The van der Waals surface area contributed by atoms with Crippen LogP contribution in [0.2, 0.25) is 0 Å². The van der Waals surface area contributed by atoms with E-state index in [2.05, 4.69) is 0 Å². The molecule has 0 aliphatic heterocycles. The molecule has 0 unspecified atom stereocenters. The number of aromatic hydroxyl groups is 1. The van der Waals surface area contributed by atoms with Crippen LogP contribution in [0.25, 0.3) is 0 Å². The van der Waals surface area contributed by atoms with Crippen molar-refractivity contribution in [3.8, 4) is 5.75 Å². The number of phenolic OH excluding ortho intramolecular Hbond substituents is 1. The van der Waals surface area contributed by atoms with Crippen LogP contribution in [0.15, 0.2) is 12.1 Å². The van der Waals surface area contributed by atoms with Gasteiger partial charge >= 0.3 is 0 Å². The highest BCUT2D eigenvalue weighted by Gasteiger charge is 2.04. The van der Waals surface area contributed by atoms with Gasteiger partial charge < -0.3 is 10.8 Å². The molecule has 0 fully saturated rings. The Morgan fingerprint density at radius 1 is 1.45 bits per heavy atom. The Kier molecular flexibility index (Phi) is 3.14. The van der Waals surface area contributed by atoms with Gasteiger partial charge in [-0.2, -0.15) is 0 Å². The van der Waals surface area contributed by atoms with Crippen LogP contribution < -0.4 is 5.73 Å². The number of halogens is 2. The van der Waals surface area contributed by atoms with Crippen LogP contribution in [0.1, 0.15) is 5.56 Å². The lowest BCUT2D eigenvalue weighted by molar-refractivity contribution is 0.463.